The number of esters is 1. The Bertz CT molecular complexity index is 2190. The number of fused-ring (bicyclic) bond motifs is 2. The van der Waals surface area contributed by atoms with Crippen LogP contribution in [0, 0.1) is 24.4 Å². The number of aromatic nitrogens is 3. The van der Waals surface area contributed by atoms with Crippen LogP contribution in [0.15, 0.2) is 59.7 Å². The highest BCUT2D eigenvalue weighted by Crippen LogP contribution is 2.33. The van der Waals surface area contributed by atoms with Gasteiger partial charge in [-0.25, -0.2) is 22.9 Å². The number of ether oxygens (including phenoxy) is 2. The number of alkyl halides is 3. The number of anilines is 1. The van der Waals surface area contributed by atoms with Crippen molar-refractivity contribution in [1.29, 1.82) is 0 Å². The average Bonchev–Trinajstić information content (AvgIpc) is 3.57. The van der Waals surface area contributed by atoms with Crippen molar-refractivity contribution >= 4 is 34.1 Å². The molecule has 50 heavy (non-hydrogen) atoms. The molecule has 1 N–H and O–H groups in total. The molecule has 1 saturated heterocycles. The molecule has 1 aliphatic heterocycles. The molecule has 0 bridgehead atoms. The van der Waals surface area contributed by atoms with Gasteiger partial charge in [0.05, 0.1) is 31.4 Å². The van der Waals surface area contributed by atoms with Gasteiger partial charge in [0, 0.05) is 54.7 Å². The Morgan fingerprint density at radius 1 is 1.10 bits per heavy atom. The lowest BCUT2D eigenvalue weighted by molar-refractivity contribution is -0.167. The number of benzene rings is 2. The van der Waals surface area contributed by atoms with Crippen LogP contribution in [0.3, 0.4) is 0 Å². The lowest BCUT2D eigenvalue weighted by atomic mass is 9.98. The van der Waals surface area contributed by atoms with Crippen molar-refractivity contribution in [2.45, 2.75) is 31.6 Å². The Labute approximate surface area is 279 Å². The molecule has 2 atom stereocenters. The predicted octanol–water partition coefficient (Wildman–Crippen LogP) is 4.86. The Morgan fingerprint density at radius 3 is 2.50 bits per heavy atom. The number of carbonyl (C=O) groups is 2. The lowest BCUT2D eigenvalue weighted by Crippen LogP contribution is -2.53. The maximum absolute atomic E-state index is 15.3. The molecule has 3 aromatic heterocycles. The van der Waals surface area contributed by atoms with Crippen molar-refractivity contribution in [3.63, 3.8) is 0 Å². The molecule has 4 heterocycles. The standard InChI is InChI=1S/C34H29F6N5O5/c1-17-22-12-18(35)4-7-26(22)43(2)32(47)28(17)21-6-5-19(45-9-8-41-30(21)45)15-25(33(48)49-3)42-31(46)29-23(36)13-20(14-24(29)37)44-10-11-50-16-27(44)34(38,39)40/h4-9,12-14,25,27H,10-11,15-16H2,1-3H3,(H,42,46)/t25-,27-/m0/s1. The molecule has 262 valence electrons. The molecule has 6 rings (SSSR count). The number of hydrogen-bond acceptors (Lipinski definition) is 7. The second-order valence-electron chi connectivity index (χ2n) is 11.7. The van der Waals surface area contributed by atoms with E-state index in [0.717, 1.165) is 12.0 Å². The van der Waals surface area contributed by atoms with E-state index in [1.165, 1.54) is 29.0 Å². The first-order valence-electron chi connectivity index (χ1n) is 15.2. The number of methoxy groups -OCH3 is 1. The Balaban J connectivity index is 1.32. The molecular weight excluding hydrogens is 672 g/mol. The van der Waals surface area contributed by atoms with Gasteiger partial charge >= 0.3 is 12.1 Å². The van der Waals surface area contributed by atoms with E-state index in [1.807, 2.05) is 0 Å². The normalized spacial score (nSPS) is 15.8. The SMILES string of the molecule is COC(=O)[C@H](Cc1ccc(-c2c(C)c3cc(F)ccc3n(C)c2=O)c2nccn12)NC(=O)c1c(F)cc(N2CCOC[C@H]2C(F)(F)F)cc1F. The van der Waals surface area contributed by atoms with Crippen LogP contribution in [0.2, 0.25) is 0 Å². The van der Waals surface area contributed by atoms with E-state index < -0.39 is 65.4 Å². The van der Waals surface area contributed by atoms with Gasteiger partial charge in [0.15, 0.2) is 0 Å². The second kappa shape index (κ2) is 13.2. The van der Waals surface area contributed by atoms with Gasteiger partial charge < -0.3 is 28.7 Å². The van der Waals surface area contributed by atoms with Crippen molar-refractivity contribution < 1.29 is 45.4 Å². The number of nitrogens with zero attached hydrogens (tertiary/aromatic N) is 4. The Kier molecular flexibility index (Phi) is 9.07. The second-order valence-corrected chi connectivity index (χ2v) is 11.7. The summed E-state index contributed by atoms with van der Waals surface area (Å²) in [6.45, 7) is 0.547. The quantitative estimate of drug-likeness (QED) is 0.191. The summed E-state index contributed by atoms with van der Waals surface area (Å²) in [4.78, 5) is 44.7. The van der Waals surface area contributed by atoms with Gasteiger partial charge in [0.2, 0.25) is 0 Å². The third kappa shape index (κ3) is 6.14. The van der Waals surface area contributed by atoms with E-state index in [4.69, 9.17) is 9.47 Å². The van der Waals surface area contributed by atoms with Crippen molar-refractivity contribution in [2.75, 3.05) is 31.8 Å². The number of rotatable bonds is 7. The summed E-state index contributed by atoms with van der Waals surface area (Å²) >= 11 is 0. The number of morpholine rings is 1. The molecule has 0 unspecified atom stereocenters. The summed E-state index contributed by atoms with van der Waals surface area (Å²) in [6.07, 6.45) is -2.03. The summed E-state index contributed by atoms with van der Waals surface area (Å²) in [7, 11) is 2.61. The molecule has 0 saturated carbocycles. The fourth-order valence-electron chi connectivity index (χ4n) is 6.32. The van der Waals surface area contributed by atoms with Crippen LogP contribution in [0.5, 0.6) is 0 Å². The zero-order chi connectivity index (χ0) is 36.1. The van der Waals surface area contributed by atoms with Crippen LogP contribution in [0.25, 0.3) is 27.7 Å². The molecule has 10 nitrogen and oxygen atoms in total. The van der Waals surface area contributed by atoms with Crippen molar-refractivity contribution in [3.8, 4) is 11.1 Å². The number of imidazole rings is 1. The van der Waals surface area contributed by atoms with E-state index in [-0.39, 0.29) is 30.7 Å². The monoisotopic (exact) mass is 701 g/mol. The summed E-state index contributed by atoms with van der Waals surface area (Å²) in [5, 5.41) is 2.79. The van der Waals surface area contributed by atoms with Crippen molar-refractivity contribution in [3.05, 3.63) is 99.5 Å². The minimum absolute atomic E-state index is 0.109. The summed E-state index contributed by atoms with van der Waals surface area (Å²) in [5.74, 6) is -5.68. The first-order chi connectivity index (χ1) is 23.7. The minimum Gasteiger partial charge on any atom is -0.467 e. The van der Waals surface area contributed by atoms with Crippen LogP contribution < -0.4 is 15.8 Å². The highest BCUT2D eigenvalue weighted by atomic mass is 19.4. The van der Waals surface area contributed by atoms with Crippen LogP contribution in [0.1, 0.15) is 21.6 Å². The van der Waals surface area contributed by atoms with Gasteiger partial charge in [-0.15, -0.1) is 0 Å². The summed E-state index contributed by atoms with van der Waals surface area (Å²) in [6, 6.07) is 4.85. The van der Waals surface area contributed by atoms with Gasteiger partial charge in [0.25, 0.3) is 11.5 Å². The van der Waals surface area contributed by atoms with Gasteiger partial charge in [-0.1, -0.05) is 0 Å². The van der Waals surface area contributed by atoms with Crippen molar-refractivity contribution in [1.82, 2.24) is 19.3 Å². The van der Waals surface area contributed by atoms with Crippen LogP contribution in [-0.4, -0.2) is 71.0 Å². The molecule has 1 amide bonds. The fourth-order valence-corrected chi connectivity index (χ4v) is 6.32. The molecule has 2 aromatic carbocycles. The van der Waals surface area contributed by atoms with E-state index in [9.17, 15) is 31.9 Å². The van der Waals surface area contributed by atoms with Crippen LogP contribution >= 0.6 is 0 Å². The number of pyridine rings is 2. The van der Waals surface area contributed by atoms with E-state index in [1.54, 1.807) is 36.7 Å². The van der Waals surface area contributed by atoms with Gasteiger partial charge in [-0.3, -0.25) is 9.59 Å². The largest absolute Gasteiger partial charge is 0.467 e. The molecule has 16 heteroatoms. The number of aryl methyl sites for hydroxylation is 2. The Morgan fingerprint density at radius 2 is 1.82 bits per heavy atom. The molecule has 1 aliphatic rings. The molecule has 1 fully saturated rings. The molecule has 5 aromatic rings. The lowest BCUT2D eigenvalue weighted by Gasteiger charge is -2.38. The number of hydrogen-bond donors (Lipinski definition) is 1. The summed E-state index contributed by atoms with van der Waals surface area (Å²) in [5.41, 5.74) is 0.464. The zero-order valence-corrected chi connectivity index (χ0v) is 26.8. The maximum Gasteiger partial charge on any atom is 0.411 e. The summed E-state index contributed by atoms with van der Waals surface area (Å²) < 4.78 is 98.1. The van der Waals surface area contributed by atoms with Gasteiger partial charge in [-0.05, 0) is 55.0 Å². The highest BCUT2D eigenvalue weighted by Gasteiger charge is 2.46. The highest BCUT2D eigenvalue weighted by molar-refractivity contribution is 5.98. The topological polar surface area (TPSA) is 107 Å². The molecule has 0 radical (unpaired) electrons. The number of carbonyl (C=O) groups excluding carboxylic acids is 2. The fraction of sp³-hybridized carbons (Fsp3) is 0.294. The van der Waals surface area contributed by atoms with Crippen LogP contribution in [-0.2, 0) is 27.7 Å². The number of halogens is 6. The third-order valence-electron chi connectivity index (χ3n) is 8.82. The average molecular weight is 702 g/mol. The van der Waals surface area contributed by atoms with Gasteiger partial charge in [-0.2, -0.15) is 13.2 Å². The van der Waals surface area contributed by atoms with Crippen molar-refractivity contribution in [2.24, 2.45) is 7.05 Å². The van der Waals surface area contributed by atoms with Gasteiger partial charge in [0.1, 0.15) is 40.7 Å². The van der Waals surface area contributed by atoms with Crippen LogP contribution in [0.4, 0.5) is 32.0 Å². The zero-order valence-electron chi connectivity index (χ0n) is 26.8. The van der Waals surface area contributed by atoms with E-state index in [0.29, 0.717) is 45.5 Å². The number of amides is 1. The van der Waals surface area contributed by atoms with E-state index >= 15 is 8.78 Å². The Hall–Kier alpha value is -5.38. The first-order valence-corrected chi connectivity index (χ1v) is 15.2. The minimum atomic E-state index is -4.75. The first kappa shape index (κ1) is 34.5. The predicted molar refractivity (Wildman–Crippen MR) is 169 cm³/mol. The molecular formula is C34H29F6N5O5. The molecule has 0 spiro atoms. The smallest absolute Gasteiger partial charge is 0.411 e. The molecule has 0 aliphatic carbocycles. The van der Waals surface area contributed by atoms with E-state index in [2.05, 4.69) is 10.3 Å². The maximum atomic E-state index is 15.3. The number of nitrogens with one attached hydrogen (secondary N) is 1. The third-order valence-corrected chi connectivity index (χ3v) is 8.82.